The van der Waals surface area contributed by atoms with Gasteiger partial charge in [0.15, 0.2) is 5.78 Å². The van der Waals surface area contributed by atoms with Crippen molar-refractivity contribution in [2.75, 3.05) is 6.61 Å². The fourth-order valence-electron chi connectivity index (χ4n) is 3.11. The Labute approximate surface area is 114 Å². The third kappa shape index (κ3) is 2.58. The van der Waals surface area contributed by atoms with Gasteiger partial charge in [0.25, 0.3) is 0 Å². The zero-order chi connectivity index (χ0) is 13.9. The van der Waals surface area contributed by atoms with Crippen LogP contribution in [0.3, 0.4) is 0 Å². The molecule has 3 heteroatoms. The van der Waals surface area contributed by atoms with Gasteiger partial charge >= 0.3 is 0 Å². The highest BCUT2D eigenvalue weighted by Gasteiger charge is 2.49. The number of ether oxygens (including phenoxy) is 1. The quantitative estimate of drug-likeness (QED) is 0.830. The van der Waals surface area contributed by atoms with Crippen LogP contribution in [0, 0.1) is 5.92 Å². The van der Waals surface area contributed by atoms with Crippen molar-refractivity contribution >= 4 is 5.78 Å². The number of rotatable bonds is 5. The third-order valence-corrected chi connectivity index (χ3v) is 4.31. The van der Waals surface area contributed by atoms with Crippen LogP contribution in [0.1, 0.15) is 43.5 Å². The summed E-state index contributed by atoms with van der Waals surface area (Å²) in [5.74, 6) is -0.0118. The summed E-state index contributed by atoms with van der Waals surface area (Å²) in [6, 6.07) is 9.37. The molecular weight excluding hydrogens is 240 g/mol. The van der Waals surface area contributed by atoms with E-state index >= 15 is 0 Å². The molecule has 1 aliphatic rings. The lowest BCUT2D eigenvalue weighted by Crippen LogP contribution is -2.38. The smallest absolute Gasteiger partial charge is 0.168 e. The highest BCUT2D eigenvalue weighted by molar-refractivity contribution is 5.98. The van der Waals surface area contributed by atoms with Crippen molar-refractivity contribution in [2.24, 2.45) is 5.92 Å². The molecule has 2 atom stereocenters. The average molecular weight is 262 g/mol. The normalized spacial score (nSPS) is 25.4. The van der Waals surface area contributed by atoms with Crippen LogP contribution in [0.15, 0.2) is 30.3 Å². The van der Waals surface area contributed by atoms with Gasteiger partial charge in [-0.2, -0.15) is 0 Å². The second-order valence-electron chi connectivity index (χ2n) is 5.21. The Balaban J connectivity index is 2.28. The molecule has 0 aromatic heterocycles. The monoisotopic (exact) mass is 262 g/mol. The van der Waals surface area contributed by atoms with Gasteiger partial charge in [-0.25, -0.2) is 0 Å². The van der Waals surface area contributed by atoms with Gasteiger partial charge in [-0.1, -0.05) is 44.2 Å². The Hall–Kier alpha value is -1.19. The minimum atomic E-state index is -0.416. The van der Waals surface area contributed by atoms with E-state index < -0.39 is 5.60 Å². The first-order chi connectivity index (χ1) is 9.16. The number of carbonyl (C=O) groups is 1. The number of aliphatic hydroxyl groups excluding tert-OH is 1. The average Bonchev–Trinajstić information content (AvgIpc) is 2.87. The van der Waals surface area contributed by atoms with Gasteiger partial charge in [0.1, 0.15) is 0 Å². The number of Topliss-reactive ketones (excluding diaryl/α,β-unsaturated/α-hetero) is 1. The standard InChI is InChI=1S/C16H22O3/c1-3-16(4-2)14(10-13(11-17)19-16)15(18)12-8-6-5-7-9-12/h5-9,13-14,17H,3-4,10-11H2,1-2H3/t13-,14-/m0/s1. The van der Waals surface area contributed by atoms with Crippen molar-refractivity contribution < 1.29 is 14.6 Å². The van der Waals surface area contributed by atoms with E-state index in [0.29, 0.717) is 6.42 Å². The minimum Gasteiger partial charge on any atom is -0.394 e. The third-order valence-electron chi connectivity index (χ3n) is 4.31. The zero-order valence-corrected chi connectivity index (χ0v) is 11.6. The van der Waals surface area contributed by atoms with E-state index in [1.165, 1.54) is 0 Å². The number of hydrogen-bond acceptors (Lipinski definition) is 3. The van der Waals surface area contributed by atoms with Crippen molar-refractivity contribution in [2.45, 2.75) is 44.8 Å². The van der Waals surface area contributed by atoms with Crippen molar-refractivity contribution in [3.8, 4) is 0 Å². The molecule has 19 heavy (non-hydrogen) atoms. The molecule has 0 spiro atoms. The maximum Gasteiger partial charge on any atom is 0.168 e. The number of benzene rings is 1. The summed E-state index contributed by atoms with van der Waals surface area (Å²) >= 11 is 0. The molecule has 1 fully saturated rings. The van der Waals surface area contributed by atoms with Gasteiger partial charge in [0.2, 0.25) is 0 Å². The van der Waals surface area contributed by atoms with Crippen LogP contribution in [0.5, 0.6) is 0 Å². The summed E-state index contributed by atoms with van der Waals surface area (Å²) in [6.07, 6.45) is 2.00. The zero-order valence-electron chi connectivity index (χ0n) is 11.6. The van der Waals surface area contributed by atoms with E-state index in [1.54, 1.807) is 0 Å². The molecule has 0 aliphatic carbocycles. The van der Waals surface area contributed by atoms with E-state index in [-0.39, 0.29) is 24.4 Å². The highest BCUT2D eigenvalue weighted by atomic mass is 16.5. The van der Waals surface area contributed by atoms with Gasteiger partial charge in [-0.3, -0.25) is 4.79 Å². The minimum absolute atomic E-state index is 0.0136. The molecule has 104 valence electrons. The van der Waals surface area contributed by atoms with E-state index in [1.807, 2.05) is 30.3 Å². The lowest BCUT2D eigenvalue weighted by molar-refractivity contribution is -0.0730. The summed E-state index contributed by atoms with van der Waals surface area (Å²) in [5.41, 5.74) is 0.321. The topological polar surface area (TPSA) is 46.5 Å². The van der Waals surface area contributed by atoms with E-state index in [0.717, 1.165) is 18.4 Å². The number of carbonyl (C=O) groups excluding carboxylic acids is 1. The molecule has 0 amide bonds. The molecule has 0 bridgehead atoms. The summed E-state index contributed by atoms with van der Waals surface area (Å²) in [5, 5.41) is 9.32. The van der Waals surface area contributed by atoms with E-state index in [4.69, 9.17) is 4.74 Å². The summed E-state index contributed by atoms with van der Waals surface area (Å²) in [7, 11) is 0. The Morgan fingerprint density at radius 1 is 1.32 bits per heavy atom. The van der Waals surface area contributed by atoms with Crippen molar-refractivity contribution in [1.29, 1.82) is 0 Å². The van der Waals surface area contributed by atoms with Crippen LogP contribution in [-0.4, -0.2) is 29.2 Å². The van der Waals surface area contributed by atoms with Crippen LogP contribution >= 0.6 is 0 Å². The molecule has 0 radical (unpaired) electrons. The van der Waals surface area contributed by atoms with Gasteiger partial charge in [-0.15, -0.1) is 0 Å². The first kappa shape index (κ1) is 14.2. The van der Waals surface area contributed by atoms with Crippen LogP contribution in [0.4, 0.5) is 0 Å². The fraction of sp³-hybridized carbons (Fsp3) is 0.562. The molecule has 0 saturated carbocycles. The fourth-order valence-corrected chi connectivity index (χ4v) is 3.11. The van der Waals surface area contributed by atoms with Gasteiger partial charge < -0.3 is 9.84 Å². The first-order valence-corrected chi connectivity index (χ1v) is 7.04. The molecule has 2 rings (SSSR count). The van der Waals surface area contributed by atoms with Crippen LogP contribution in [0.2, 0.25) is 0 Å². The number of hydrogen-bond donors (Lipinski definition) is 1. The maximum absolute atomic E-state index is 12.7. The lowest BCUT2D eigenvalue weighted by atomic mass is 9.78. The molecule has 1 aromatic rings. The number of aliphatic hydroxyl groups is 1. The molecule has 1 aliphatic heterocycles. The molecule has 3 nitrogen and oxygen atoms in total. The molecule has 1 saturated heterocycles. The summed E-state index contributed by atoms with van der Waals surface area (Å²) in [6.45, 7) is 4.09. The molecule has 0 unspecified atom stereocenters. The van der Waals surface area contributed by atoms with Gasteiger partial charge in [0, 0.05) is 5.56 Å². The Morgan fingerprint density at radius 3 is 2.47 bits per heavy atom. The predicted octanol–water partition coefficient (Wildman–Crippen LogP) is 2.83. The second-order valence-corrected chi connectivity index (χ2v) is 5.21. The largest absolute Gasteiger partial charge is 0.394 e. The van der Waals surface area contributed by atoms with Crippen molar-refractivity contribution in [1.82, 2.24) is 0 Å². The Kier molecular flexibility index (Phi) is 4.38. The maximum atomic E-state index is 12.7. The summed E-state index contributed by atoms with van der Waals surface area (Å²) < 4.78 is 5.98. The van der Waals surface area contributed by atoms with Crippen LogP contribution in [0.25, 0.3) is 0 Å². The number of ketones is 1. The van der Waals surface area contributed by atoms with Crippen LogP contribution in [-0.2, 0) is 4.74 Å². The molecular formula is C16H22O3. The van der Waals surface area contributed by atoms with Gasteiger partial charge in [0.05, 0.1) is 24.2 Å². The van der Waals surface area contributed by atoms with Crippen molar-refractivity contribution in [3.05, 3.63) is 35.9 Å². The first-order valence-electron chi connectivity index (χ1n) is 7.04. The van der Waals surface area contributed by atoms with E-state index in [2.05, 4.69) is 13.8 Å². The lowest BCUT2D eigenvalue weighted by Gasteiger charge is -2.32. The Bertz CT molecular complexity index is 423. The van der Waals surface area contributed by atoms with Crippen molar-refractivity contribution in [3.63, 3.8) is 0 Å². The summed E-state index contributed by atoms with van der Waals surface area (Å²) in [4.78, 5) is 12.7. The molecule has 1 heterocycles. The van der Waals surface area contributed by atoms with Crippen LogP contribution < -0.4 is 0 Å². The highest BCUT2D eigenvalue weighted by Crippen LogP contribution is 2.42. The predicted molar refractivity (Wildman–Crippen MR) is 74.2 cm³/mol. The SMILES string of the molecule is CCC1(CC)O[C@H](CO)C[C@H]1C(=O)c1ccccc1. The second kappa shape index (κ2) is 5.85. The Morgan fingerprint density at radius 2 is 1.95 bits per heavy atom. The van der Waals surface area contributed by atoms with Gasteiger partial charge in [-0.05, 0) is 19.3 Å². The van der Waals surface area contributed by atoms with E-state index in [9.17, 15) is 9.90 Å². The molecule has 1 N–H and O–H groups in total. The molecule has 1 aromatic carbocycles.